The Morgan fingerprint density at radius 1 is 1.31 bits per heavy atom. The van der Waals surface area contributed by atoms with Crippen molar-refractivity contribution < 1.29 is 4.74 Å². The number of methoxy groups -OCH3 is 1. The maximum absolute atomic E-state index is 5.37. The van der Waals surface area contributed by atoms with E-state index < -0.39 is 0 Å². The van der Waals surface area contributed by atoms with Gasteiger partial charge in [-0.25, -0.2) is 0 Å². The van der Waals surface area contributed by atoms with E-state index in [1.807, 2.05) is 7.11 Å². The van der Waals surface area contributed by atoms with Crippen molar-refractivity contribution in [1.29, 1.82) is 0 Å². The second-order valence-corrected chi connectivity index (χ2v) is 5.86. The molecule has 0 N–H and O–H groups in total. The molecule has 0 aromatic rings. The molecule has 94 valence electrons. The lowest BCUT2D eigenvalue weighted by atomic mass is 9.85. The Morgan fingerprint density at radius 3 is 2.38 bits per heavy atom. The molecule has 1 saturated heterocycles. The van der Waals surface area contributed by atoms with Crippen molar-refractivity contribution in [2.75, 3.05) is 33.8 Å². The van der Waals surface area contributed by atoms with Crippen LogP contribution in [-0.2, 0) is 4.74 Å². The summed E-state index contributed by atoms with van der Waals surface area (Å²) < 4.78 is 5.37. The summed E-state index contributed by atoms with van der Waals surface area (Å²) in [5, 5.41) is 0. The Bertz CT molecular complexity index is 220. The van der Waals surface area contributed by atoms with Gasteiger partial charge in [-0.3, -0.25) is 4.90 Å². The lowest BCUT2D eigenvalue weighted by Crippen LogP contribution is -2.56. The van der Waals surface area contributed by atoms with Crippen LogP contribution in [0.25, 0.3) is 0 Å². The summed E-state index contributed by atoms with van der Waals surface area (Å²) in [5.41, 5.74) is 0. The van der Waals surface area contributed by atoms with Crippen LogP contribution >= 0.6 is 0 Å². The molecule has 0 amide bonds. The maximum Gasteiger partial charge on any atom is 0.0601 e. The Balaban J connectivity index is 1.77. The van der Waals surface area contributed by atoms with Crippen molar-refractivity contribution in [2.24, 2.45) is 5.92 Å². The highest BCUT2D eigenvalue weighted by molar-refractivity contribution is 4.91. The average Bonchev–Trinajstić information content (AvgIpc) is 2.11. The van der Waals surface area contributed by atoms with Crippen molar-refractivity contribution in [2.45, 2.75) is 44.9 Å². The molecule has 0 aromatic carbocycles. The Hall–Kier alpha value is -0.120. The Labute approximate surface area is 99.7 Å². The molecule has 1 heterocycles. The van der Waals surface area contributed by atoms with E-state index in [0.29, 0.717) is 12.1 Å². The molecule has 0 unspecified atom stereocenters. The van der Waals surface area contributed by atoms with E-state index in [9.17, 15) is 0 Å². The van der Waals surface area contributed by atoms with Crippen molar-refractivity contribution >= 4 is 0 Å². The van der Waals surface area contributed by atoms with Gasteiger partial charge in [-0.1, -0.05) is 0 Å². The molecule has 2 fully saturated rings. The van der Waals surface area contributed by atoms with Crippen LogP contribution < -0.4 is 0 Å². The summed E-state index contributed by atoms with van der Waals surface area (Å²) in [5.74, 6) is 0.897. The quantitative estimate of drug-likeness (QED) is 0.705. The summed E-state index contributed by atoms with van der Waals surface area (Å²) in [4.78, 5) is 5.09. The van der Waals surface area contributed by atoms with Gasteiger partial charge in [0.05, 0.1) is 6.10 Å². The summed E-state index contributed by atoms with van der Waals surface area (Å²) >= 11 is 0. The zero-order chi connectivity index (χ0) is 11.7. The molecule has 2 rings (SSSR count). The van der Waals surface area contributed by atoms with Crippen molar-refractivity contribution in [3.05, 3.63) is 0 Å². The van der Waals surface area contributed by atoms with E-state index in [-0.39, 0.29) is 0 Å². The molecule has 3 nitrogen and oxygen atoms in total. The normalized spacial score (nSPS) is 31.9. The fraction of sp³-hybridized carbons (Fsp3) is 1.00. The summed E-state index contributed by atoms with van der Waals surface area (Å²) in [6, 6.07) is 1.45. The van der Waals surface area contributed by atoms with Gasteiger partial charge in [0, 0.05) is 38.8 Å². The van der Waals surface area contributed by atoms with Crippen LogP contribution in [0, 0.1) is 5.92 Å². The third-order valence-electron chi connectivity index (χ3n) is 4.14. The SMILES string of the molecule is CO[C@H]1C[C@H](N(CC2CN(C)C2)C(C)C)C1. The van der Waals surface area contributed by atoms with Gasteiger partial charge in [-0.15, -0.1) is 0 Å². The predicted octanol–water partition coefficient (Wildman–Crippen LogP) is 1.44. The lowest BCUT2D eigenvalue weighted by Gasteiger charge is -2.48. The van der Waals surface area contributed by atoms with Gasteiger partial charge >= 0.3 is 0 Å². The zero-order valence-corrected chi connectivity index (χ0v) is 11.1. The number of nitrogens with zero attached hydrogens (tertiary/aromatic N) is 2. The van der Waals surface area contributed by atoms with Gasteiger partial charge in [-0.2, -0.15) is 0 Å². The zero-order valence-electron chi connectivity index (χ0n) is 11.1. The fourth-order valence-corrected chi connectivity index (χ4v) is 3.02. The third kappa shape index (κ3) is 2.58. The monoisotopic (exact) mass is 226 g/mol. The minimum absolute atomic E-state index is 0.523. The van der Waals surface area contributed by atoms with E-state index in [1.165, 1.54) is 32.5 Å². The second kappa shape index (κ2) is 5.03. The van der Waals surface area contributed by atoms with Crippen molar-refractivity contribution in [3.8, 4) is 0 Å². The molecular weight excluding hydrogens is 200 g/mol. The Kier molecular flexibility index (Phi) is 3.88. The molecule has 1 aliphatic carbocycles. The number of rotatable bonds is 5. The van der Waals surface area contributed by atoms with E-state index >= 15 is 0 Å². The van der Waals surface area contributed by atoms with Crippen LogP contribution in [0.4, 0.5) is 0 Å². The van der Waals surface area contributed by atoms with E-state index in [2.05, 4.69) is 30.7 Å². The van der Waals surface area contributed by atoms with Gasteiger partial charge in [0.25, 0.3) is 0 Å². The van der Waals surface area contributed by atoms with Crippen LogP contribution in [0.1, 0.15) is 26.7 Å². The van der Waals surface area contributed by atoms with Crippen LogP contribution in [0.5, 0.6) is 0 Å². The Morgan fingerprint density at radius 2 is 1.94 bits per heavy atom. The minimum atomic E-state index is 0.523. The molecule has 0 spiro atoms. The van der Waals surface area contributed by atoms with Crippen LogP contribution in [-0.4, -0.2) is 61.8 Å². The highest BCUT2D eigenvalue weighted by Gasteiger charge is 2.37. The molecule has 2 aliphatic rings. The van der Waals surface area contributed by atoms with Gasteiger partial charge < -0.3 is 9.64 Å². The van der Waals surface area contributed by atoms with E-state index in [1.54, 1.807) is 0 Å². The molecule has 3 heteroatoms. The largest absolute Gasteiger partial charge is 0.381 e. The van der Waals surface area contributed by atoms with Gasteiger partial charge in [0.1, 0.15) is 0 Å². The fourth-order valence-electron chi connectivity index (χ4n) is 3.02. The van der Waals surface area contributed by atoms with E-state index in [0.717, 1.165) is 12.0 Å². The van der Waals surface area contributed by atoms with Crippen molar-refractivity contribution in [1.82, 2.24) is 9.80 Å². The van der Waals surface area contributed by atoms with Crippen LogP contribution in [0.2, 0.25) is 0 Å². The minimum Gasteiger partial charge on any atom is -0.381 e. The molecule has 16 heavy (non-hydrogen) atoms. The average molecular weight is 226 g/mol. The summed E-state index contributed by atoms with van der Waals surface area (Å²) in [6.45, 7) is 8.49. The van der Waals surface area contributed by atoms with Crippen LogP contribution in [0.15, 0.2) is 0 Å². The molecule has 1 aliphatic heterocycles. The molecular formula is C13H26N2O. The first kappa shape index (κ1) is 12.3. The lowest BCUT2D eigenvalue weighted by molar-refractivity contribution is -0.0501. The highest BCUT2D eigenvalue weighted by atomic mass is 16.5. The van der Waals surface area contributed by atoms with Crippen LogP contribution in [0.3, 0.4) is 0 Å². The smallest absolute Gasteiger partial charge is 0.0601 e. The second-order valence-electron chi connectivity index (χ2n) is 5.86. The molecule has 0 bridgehead atoms. The van der Waals surface area contributed by atoms with Gasteiger partial charge in [0.15, 0.2) is 0 Å². The third-order valence-corrected chi connectivity index (χ3v) is 4.14. The first-order valence-corrected chi connectivity index (χ1v) is 6.57. The van der Waals surface area contributed by atoms with Gasteiger partial charge in [-0.05, 0) is 39.7 Å². The predicted molar refractivity (Wildman–Crippen MR) is 66.6 cm³/mol. The molecule has 1 saturated carbocycles. The van der Waals surface area contributed by atoms with Crippen molar-refractivity contribution in [3.63, 3.8) is 0 Å². The number of likely N-dealkylation sites (tertiary alicyclic amines) is 1. The maximum atomic E-state index is 5.37. The summed E-state index contributed by atoms with van der Waals surface area (Å²) in [7, 11) is 4.04. The first-order valence-electron chi connectivity index (χ1n) is 6.57. The number of hydrogen-bond donors (Lipinski definition) is 0. The highest BCUT2D eigenvalue weighted by Crippen LogP contribution is 2.30. The number of ether oxygens (including phenoxy) is 1. The first-order chi connectivity index (χ1) is 7.60. The molecule has 0 radical (unpaired) electrons. The summed E-state index contributed by atoms with van der Waals surface area (Å²) in [6.07, 6.45) is 2.99. The standard InChI is InChI=1S/C13H26N2O/c1-10(2)15(9-11-7-14(3)8-11)12-5-13(6-12)16-4/h10-13H,5-9H2,1-4H3/t12-,13-. The number of hydrogen-bond acceptors (Lipinski definition) is 3. The molecule has 0 atom stereocenters. The van der Waals surface area contributed by atoms with Gasteiger partial charge in [0.2, 0.25) is 0 Å². The van der Waals surface area contributed by atoms with E-state index in [4.69, 9.17) is 4.74 Å². The molecule has 0 aromatic heterocycles. The topological polar surface area (TPSA) is 15.7 Å².